The fraction of sp³-hybridized carbons (Fsp3) is 0.316. The molecule has 0 spiro atoms. The van der Waals surface area contributed by atoms with E-state index in [-0.39, 0.29) is 18.1 Å². The minimum Gasteiger partial charge on any atom is -0.497 e. The van der Waals surface area contributed by atoms with Crippen LogP contribution in [0.25, 0.3) is 0 Å². The van der Waals surface area contributed by atoms with Gasteiger partial charge in [0.25, 0.3) is 0 Å². The van der Waals surface area contributed by atoms with E-state index in [1.165, 1.54) is 0 Å². The average Bonchev–Trinajstić information content (AvgIpc) is 3.17. The second kappa shape index (κ2) is 6.11. The molecule has 1 amide bonds. The normalized spacial score (nSPS) is 23.6. The lowest BCUT2D eigenvalue weighted by Crippen LogP contribution is -2.32. The van der Waals surface area contributed by atoms with Crippen molar-refractivity contribution in [3.63, 3.8) is 0 Å². The van der Waals surface area contributed by atoms with Gasteiger partial charge in [0.05, 0.1) is 13.2 Å². The van der Waals surface area contributed by atoms with Gasteiger partial charge in [-0.05, 0) is 54.8 Å². The molecular formula is C19H19ClN2O2. The maximum absolute atomic E-state index is 13.0. The number of rotatable bonds is 3. The highest BCUT2D eigenvalue weighted by atomic mass is 35.5. The molecule has 2 fully saturated rings. The van der Waals surface area contributed by atoms with E-state index in [1.807, 2.05) is 53.4 Å². The van der Waals surface area contributed by atoms with Crippen molar-refractivity contribution in [1.82, 2.24) is 4.90 Å². The second-order valence-corrected chi connectivity index (χ2v) is 6.67. The van der Waals surface area contributed by atoms with Crippen molar-refractivity contribution in [2.24, 2.45) is 0 Å². The molecule has 2 aliphatic heterocycles. The van der Waals surface area contributed by atoms with Gasteiger partial charge in [0.15, 0.2) is 0 Å². The lowest BCUT2D eigenvalue weighted by Gasteiger charge is -2.30. The third-order valence-electron chi connectivity index (χ3n) is 4.87. The zero-order chi connectivity index (χ0) is 16.7. The summed E-state index contributed by atoms with van der Waals surface area (Å²) in [7, 11) is 1.64. The number of benzene rings is 2. The number of methoxy groups -OCH3 is 1. The van der Waals surface area contributed by atoms with E-state index >= 15 is 0 Å². The van der Waals surface area contributed by atoms with Crippen LogP contribution >= 0.6 is 11.6 Å². The molecule has 0 saturated carbocycles. The van der Waals surface area contributed by atoms with Crippen molar-refractivity contribution < 1.29 is 9.53 Å². The van der Waals surface area contributed by atoms with E-state index < -0.39 is 0 Å². The first kappa shape index (κ1) is 15.5. The van der Waals surface area contributed by atoms with Gasteiger partial charge in [0, 0.05) is 17.3 Å². The summed E-state index contributed by atoms with van der Waals surface area (Å²) in [6.07, 6.45) is 1.88. The molecule has 0 radical (unpaired) electrons. The molecule has 0 unspecified atom stereocenters. The predicted molar refractivity (Wildman–Crippen MR) is 94.4 cm³/mol. The molecule has 24 heavy (non-hydrogen) atoms. The highest BCUT2D eigenvalue weighted by molar-refractivity contribution is 6.30. The van der Waals surface area contributed by atoms with Gasteiger partial charge in [-0.1, -0.05) is 23.7 Å². The number of amides is 1. The van der Waals surface area contributed by atoms with Crippen LogP contribution < -0.4 is 9.64 Å². The Kier molecular flexibility index (Phi) is 3.94. The van der Waals surface area contributed by atoms with Gasteiger partial charge >= 0.3 is 0 Å². The Morgan fingerprint density at radius 3 is 2.67 bits per heavy atom. The van der Waals surface area contributed by atoms with E-state index in [2.05, 4.69) is 4.90 Å². The van der Waals surface area contributed by atoms with E-state index in [1.54, 1.807) is 7.11 Å². The molecule has 0 bridgehead atoms. The molecule has 2 aromatic rings. The van der Waals surface area contributed by atoms with Gasteiger partial charge in [-0.15, -0.1) is 0 Å². The topological polar surface area (TPSA) is 32.8 Å². The van der Waals surface area contributed by atoms with E-state index in [0.717, 1.165) is 36.4 Å². The zero-order valence-corrected chi connectivity index (χ0v) is 14.2. The maximum Gasteiger partial charge on any atom is 0.246 e. The summed E-state index contributed by atoms with van der Waals surface area (Å²) in [6.45, 7) is 0.931. The fourth-order valence-corrected chi connectivity index (χ4v) is 3.99. The third kappa shape index (κ3) is 2.46. The molecule has 4 rings (SSSR count). The van der Waals surface area contributed by atoms with Crippen molar-refractivity contribution in [3.8, 4) is 5.75 Å². The van der Waals surface area contributed by atoms with Crippen molar-refractivity contribution in [2.45, 2.75) is 25.0 Å². The molecule has 0 aromatic heterocycles. The smallest absolute Gasteiger partial charge is 0.246 e. The Hall–Kier alpha value is -2.04. The van der Waals surface area contributed by atoms with E-state index in [9.17, 15) is 4.79 Å². The highest BCUT2D eigenvalue weighted by Crippen LogP contribution is 2.43. The molecule has 0 N–H and O–H groups in total. The summed E-state index contributed by atoms with van der Waals surface area (Å²) < 4.78 is 5.23. The Balaban J connectivity index is 1.78. The molecule has 0 aliphatic carbocycles. The number of hydrogen-bond donors (Lipinski definition) is 0. The monoisotopic (exact) mass is 342 g/mol. The number of halogens is 1. The summed E-state index contributed by atoms with van der Waals surface area (Å²) in [5, 5.41) is 0.692. The van der Waals surface area contributed by atoms with Gasteiger partial charge in [0.2, 0.25) is 5.91 Å². The summed E-state index contributed by atoms with van der Waals surface area (Å²) in [6, 6.07) is 15.4. The number of anilines is 1. The fourth-order valence-electron chi connectivity index (χ4n) is 3.80. The molecule has 4 nitrogen and oxygen atoms in total. The first-order chi connectivity index (χ1) is 11.7. The van der Waals surface area contributed by atoms with Crippen molar-refractivity contribution >= 4 is 23.2 Å². The Morgan fingerprint density at radius 1 is 1.17 bits per heavy atom. The van der Waals surface area contributed by atoms with Gasteiger partial charge in [0.1, 0.15) is 11.9 Å². The lowest BCUT2D eigenvalue weighted by molar-refractivity contribution is -0.119. The quantitative estimate of drug-likeness (QED) is 0.849. The first-order valence-corrected chi connectivity index (χ1v) is 8.55. The number of ether oxygens (including phenoxy) is 1. The number of hydrogen-bond acceptors (Lipinski definition) is 3. The van der Waals surface area contributed by atoms with Crippen LogP contribution in [0.1, 0.15) is 24.6 Å². The Bertz CT molecular complexity index is 762. The lowest BCUT2D eigenvalue weighted by atomic mass is 10.1. The molecule has 2 heterocycles. The number of carbonyl (C=O) groups is 1. The van der Waals surface area contributed by atoms with E-state index in [0.29, 0.717) is 5.02 Å². The van der Waals surface area contributed by atoms with Crippen LogP contribution in [0.15, 0.2) is 48.5 Å². The van der Waals surface area contributed by atoms with Crippen LogP contribution in [-0.4, -0.2) is 30.5 Å². The zero-order valence-electron chi connectivity index (χ0n) is 13.5. The van der Waals surface area contributed by atoms with Crippen LogP contribution in [-0.2, 0) is 4.79 Å². The summed E-state index contributed by atoms with van der Waals surface area (Å²) in [5.41, 5.74) is 1.94. The van der Waals surface area contributed by atoms with Gasteiger partial charge in [-0.2, -0.15) is 0 Å². The summed E-state index contributed by atoms with van der Waals surface area (Å²) in [5.74, 6) is 0.952. The Morgan fingerprint density at radius 2 is 1.96 bits per heavy atom. The molecule has 2 saturated heterocycles. The molecule has 2 aromatic carbocycles. The standard InChI is InChI=1S/C19H19ClN2O2/c1-24-16-9-7-15(8-10-16)22-18(13-4-2-5-14(20)12-13)21-11-3-6-17(21)19(22)23/h2,4-5,7-10,12,17-18H,3,6,11H2,1H3/t17-,18+/m0/s1. The number of nitrogens with zero attached hydrogens (tertiary/aromatic N) is 2. The SMILES string of the molecule is COc1ccc(N2C(=O)[C@@H]3CCCN3[C@H]2c2cccc(Cl)c2)cc1. The minimum atomic E-state index is -0.0999. The van der Waals surface area contributed by atoms with Crippen molar-refractivity contribution in [3.05, 3.63) is 59.1 Å². The van der Waals surface area contributed by atoms with Crippen LogP contribution in [0, 0.1) is 0 Å². The maximum atomic E-state index is 13.0. The average molecular weight is 343 g/mol. The van der Waals surface area contributed by atoms with Crippen LogP contribution in [0.2, 0.25) is 5.02 Å². The second-order valence-electron chi connectivity index (χ2n) is 6.23. The number of fused-ring (bicyclic) bond motifs is 1. The highest BCUT2D eigenvalue weighted by Gasteiger charge is 2.49. The third-order valence-corrected chi connectivity index (χ3v) is 5.11. The van der Waals surface area contributed by atoms with Gasteiger partial charge in [-0.25, -0.2) is 0 Å². The molecule has 5 heteroatoms. The summed E-state index contributed by atoms with van der Waals surface area (Å²) in [4.78, 5) is 17.2. The van der Waals surface area contributed by atoms with Gasteiger partial charge in [-0.3, -0.25) is 14.6 Å². The van der Waals surface area contributed by atoms with Crippen LogP contribution in [0.5, 0.6) is 5.75 Å². The molecular weight excluding hydrogens is 324 g/mol. The number of carbonyl (C=O) groups excluding carboxylic acids is 1. The largest absolute Gasteiger partial charge is 0.497 e. The van der Waals surface area contributed by atoms with E-state index in [4.69, 9.17) is 16.3 Å². The van der Waals surface area contributed by atoms with Crippen molar-refractivity contribution in [1.29, 1.82) is 0 Å². The summed E-state index contributed by atoms with van der Waals surface area (Å²) >= 11 is 6.20. The molecule has 2 aliphatic rings. The predicted octanol–water partition coefficient (Wildman–Crippen LogP) is 3.86. The van der Waals surface area contributed by atoms with Gasteiger partial charge < -0.3 is 4.74 Å². The van der Waals surface area contributed by atoms with Crippen LogP contribution in [0.3, 0.4) is 0 Å². The van der Waals surface area contributed by atoms with Crippen molar-refractivity contribution in [2.75, 3.05) is 18.6 Å². The minimum absolute atomic E-state index is 0.0314. The molecule has 124 valence electrons. The first-order valence-electron chi connectivity index (χ1n) is 8.17. The van der Waals surface area contributed by atoms with Crippen LogP contribution in [0.4, 0.5) is 5.69 Å². The Labute approximate surface area is 146 Å². The molecule has 2 atom stereocenters.